The van der Waals surface area contributed by atoms with Crippen molar-refractivity contribution in [2.24, 2.45) is 0 Å². The number of carbonyl (C=O) groups is 1. The van der Waals surface area contributed by atoms with E-state index in [1.807, 2.05) is 0 Å². The van der Waals surface area contributed by atoms with Crippen LogP contribution in [0.15, 0.2) is 59.4 Å². The van der Waals surface area contributed by atoms with Crippen LogP contribution in [0.4, 0.5) is 27.6 Å². The van der Waals surface area contributed by atoms with Crippen molar-refractivity contribution in [1.82, 2.24) is 19.9 Å². The monoisotopic (exact) mass is 477 g/mol. The molecule has 0 spiro atoms. The molecule has 0 unspecified atom stereocenters. The lowest BCUT2D eigenvalue weighted by Gasteiger charge is -2.18. The fraction of sp³-hybridized carbons (Fsp3) is 0.182. The van der Waals surface area contributed by atoms with Crippen LogP contribution in [0.25, 0.3) is 17.1 Å². The highest BCUT2D eigenvalue weighted by atomic mass is 19.4. The molecule has 0 saturated carbocycles. The normalized spacial score (nSPS) is 12.1. The highest BCUT2D eigenvalue weighted by Gasteiger charge is 2.37. The summed E-state index contributed by atoms with van der Waals surface area (Å²) >= 11 is 0. The summed E-state index contributed by atoms with van der Waals surface area (Å²) in [6.45, 7) is 1.94. The Kier molecular flexibility index (Phi) is 5.67. The quantitative estimate of drug-likeness (QED) is 0.378. The minimum Gasteiger partial charge on any atom is -0.354 e. The Morgan fingerprint density at radius 3 is 2.50 bits per heavy atom. The minimum atomic E-state index is -4.92. The summed E-state index contributed by atoms with van der Waals surface area (Å²) in [6, 6.07) is 8.67. The predicted octanol–water partition coefficient (Wildman–Crippen LogP) is 5.61. The maximum Gasteiger partial charge on any atom is 0.418 e. The molecule has 0 aliphatic rings. The van der Waals surface area contributed by atoms with Crippen molar-refractivity contribution >= 4 is 11.6 Å². The number of rotatable bonds is 5. The van der Waals surface area contributed by atoms with Gasteiger partial charge in [0.2, 0.25) is 0 Å². The molecule has 1 amide bonds. The zero-order valence-corrected chi connectivity index (χ0v) is 17.7. The molecule has 1 N–H and O–H groups in total. The topological polar surface area (TPSA) is 85.8 Å². The Morgan fingerprint density at radius 2 is 1.85 bits per heavy atom. The number of pyridine rings is 1. The molecule has 0 saturated heterocycles. The third kappa shape index (κ3) is 4.51. The summed E-state index contributed by atoms with van der Waals surface area (Å²) in [7, 11) is 0. The highest BCUT2D eigenvalue weighted by Crippen LogP contribution is 2.38. The Bertz CT molecular complexity index is 1340. The lowest BCUT2D eigenvalue weighted by Crippen LogP contribution is -2.16. The average Bonchev–Trinajstić information content (AvgIpc) is 3.40. The van der Waals surface area contributed by atoms with Crippen LogP contribution in [0.1, 0.15) is 34.2 Å². The molecule has 0 aliphatic heterocycles. The number of nitrogens with one attached hydrogen (secondary N) is 1. The van der Waals surface area contributed by atoms with Crippen molar-refractivity contribution < 1.29 is 31.3 Å². The first-order valence-corrected chi connectivity index (χ1v) is 9.79. The third-order valence-electron chi connectivity index (χ3n) is 4.96. The third-order valence-corrected chi connectivity index (χ3v) is 4.96. The predicted molar refractivity (Wildman–Crippen MR) is 111 cm³/mol. The van der Waals surface area contributed by atoms with E-state index in [0.717, 1.165) is 23.0 Å². The molecule has 1 aromatic carbocycles. The van der Waals surface area contributed by atoms with Crippen LogP contribution in [-0.4, -0.2) is 25.8 Å². The van der Waals surface area contributed by atoms with Gasteiger partial charge in [-0.15, -0.1) is 0 Å². The van der Waals surface area contributed by atoms with Crippen molar-refractivity contribution in [3.63, 3.8) is 0 Å². The summed E-state index contributed by atoms with van der Waals surface area (Å²) in [6.07, 6.45) is -2.23. The van der Waals surface area contributed by atoms with E-state index in [9.17, 15) is 26.7 Å². The minimum absolute atomic E-state index is 0.0849. The molecule has 4 rings (SSSR count). The number of carbonyl (C=O) groups excluding carboxylic acids is 1. The molecule has 7 nitrogen and oxygen atoms in total. The Balaban J connectivity index is 1.63. The van der Waals surface area contributed by atoms with Gasteiger partial charge in [-0.2, -0.15) is 18.3 Å². The first kappa shape index (κ1) is 23.1. The Hall–Kier alpha value is -4.09. The van der Waals surface area contributed by atoms with Crippen LogP contribution in [0, 0.1) is 6.92 Å². The fourth-order valence-corrected chi connectivity index (χ4v) is 3.19. The van der Waals surface area contributed by atoms with Gasteiger partial charge in [0.05, 0.1) is 28.8 Å². The van der Waals surface area contributed by atoms with Crippen LogP contribution in [0.3, 0.4) is 0 Å². The second-order valence-electron chi connectivity index (χ2n) is 7.42. The molecule has 34 heavy (non-hydrogen) atoms. The van der Waals surface area contributed by atoms with Crippen LogP contribution >= 0.6 is 0 Å². The van der Waals surface area contributed by atoms with Gasteiger partial charge in [0.15, 0.2) is 11.5 Å². The molecule has 4 aromatic rings. The lowest BCUT2D eigenvalue weighted by atomic mass is 10.0. The molecule has 0 atom stereocenters. The summed E-state index contributed by atoms with van der Waals surface area (Å²) in [5.74, 6) is -3.89. The molecule has 0 aliphatic carbocycles. The molecule has 12 heteroatoms. The first-order chi connectivity index (χ1) is 15.9. The maximum absolute atomic E-state index is 13.6. The molecule has 3 heterocycles. The molecule has 0 fully saturated rings. The zero-order chi connectivity index (χ0) is 24.7. The van der Waals surface area contributed by atoms with E-state index in [1.165, 1.54) is 13.0 Å². The largest absolute Gasteiger partial charge is 0.418 e. The van der Waals surface area contributed by atoms with E-state index in [-0.39, 0.29) is 22.8 Å². The number of hydrogen-bond donors (Lipinski definition) is 1. The zero-order valence-electron chi connectivity index (χ0n) is 17.7. The van der Waals surface area contributed by atoms with E-state index >= 15 is 0 Å². The van der Waals surface area contributed by atoms with Crippen LogP contribution < -0.4 is 5.32 Å². The molecular formula is C22H16F5N5O2. The Morgan fingerprint density at radius 1 is 1.09 bits per heavy atom. The molecule has 0 radical (unpaired) electrons. The van der Waals surface area contributed by atoms with Crippen molar-refractivity contribution in [2.75, 3.05) is 5.32 Å². The standard InChI is InChI=1S/C22H16F5N5O2/c1-12-17(30-20(33)16-10-19(34-31-16)15-5-3-4-8-28-15)11-29-32(12)18-7-6-13(21(2,23)24)9-14(18)22(25,26)27/h3-11H,1-2H3,(H,30,33). The smallest absolute Gasteiger partial charge is 0.354 e. The Labute approximate surface area is 189 Å². The number of nitrogens with zero attached hydrogens (tertiary/aromatic N) is 4. The van der Waals surface area contributed by atoms with Crippen LogP contribution in [0.5, 0.6) is 0 Å². The number of anilines is 1. The van der Waals surface area contributed by atoms with Gasteiger partial charge in [-0.3, -0.25) is 9.78 Å². The van der Waals surface area contributed by atoms with E-state index in [4.69, 9.17) is 4.52 Å². The van der Waals surface area contributed by atoms with Gasteiger partial charge in [0.25, 0.3) is 11.8 Å². The summed E-state index contributed by atoms with van der Waals surface area (Å²) in [5, 5.41) is 10.1. The van der Waals surface area contributed by atoms with Gasteiger partial charge >= 0.3 is 6.18 Å². The van der Waals surface area contributed by atoms with Gasteiger partial charge in [0, 0.05) is 24.8 Å². The SMILES string of the molecule is Cc1c(NC(=O)c2cc(-c3ccccn3)on2)cnn1-c1ccc(C(C)(F)F)cc1C(F)(F)F. The number of aromatic nitrogens is 4. The fourth-order valence-electron chi connectivity index (χ4n) is 3.19. The van der Waals surface area contributed by atoms with Gasteiger partial charge in [-0.05, 0) is 31.2 Å². The number of hydrogen-bond acceptors (Lipinski definition) is 5. The van der Waals surface area contributed by atoms with Gasteiger partial charge in [0.1, 0.15) is 5.69 Å². The van der Waals surface area contributed by atoms with Crippen molar-refractivity contribution in [3.05, 3.63) is 77.4 Å². The first-order valence-electron chi connectivity index (χ1n) is 9.79. The van der Waals surface area contributed by atoms with Gasteiger partial charge in [-0.1, -0.05) is 17.3 Å². The number of alkyl halides is 5. The number of benzene rings is 1. The van der Waals surface area contributed by atoms with E-state index in [0.29, 0.717) is 18.7 Å². The molecule has 3 aromatic heterocycles. The number of halogens is 5. The van der Waals surface area contributed by atoms with Crippen LogP contribution in [-0.2, 0) is 12.1 Å². The molecule has 0 bridgehead atoms. The van der Waals surface area contributed by atoms with Crippen LogP contribution in [0.2, 0.25) is 0 Å². The number of amides is 1. The highest BCUT2D eigenvalue weighted by molar-refractivity contribution is 6.03. The van der Waals surface area contributed by atoms with Crippen molar-refractivity contribution in [3.8, 4) is 17.1 Å². The second-order valence-corrected chi connectivity index (χ2v) is 7.42. The van der Waals surface area contributed by atoms with E-state index in [1.54, 1.807) is 24.4 Å². The van der Waals surface area contributed by atoms with Gasteiger partial charge in [-0.25, -0.2) is 13.5 Å². The van der Waals surface area contributed by atoms with E-state index in [2.05, 4.69) is 20.6 Å². The lowest BCUT2D eigenvalue weighted by molar-refractivity contribution is -0.137. The summed E-state index contributed by atoms with van der Waals surface area (Å²) in [5.41, 5.74) is -1.91. The van der Waals surface area contributed by atoms with Crippen molar-refractivity contribution in [2.45, 2.75) is 25.9 Å². The molecule has 176 valence electrons. The van der Waals surface area contributed by atoms with Gasteiger partial charge < -0.3 is 9.84 Å². The van der Waals surface area contributed by atoms with Crippen molar-refractivity contribution in [1.29, 1.82) is 0 Å². The summed E-state index contributed by atoms with van der Waals surface area (Å²) in [4.78, 5) is 16.7. The van der Waals surface area contributed by atoms with E-state index < -0.39 is 34.8 Å². The summed E-state index contributed by atoms with van der Waals surface area (Å²) < 4.78 is 74.1. The second kappa shape index (κ2) is 8.36. The maximum atomic E-state index is 13.6. The molecular weight excluding hydrogens is 461 g/mol. The average molecular weight is 477 g/mol.